The lowest BCUT2D eigenvalue weighted by Crippen LogP contribution is -2.29. The van der Waals surface area contributed by atoms with Crippen LogP contribution in [0.3, 0.4) is 0 Å². The first kappa shape index (κ1) is 15.3. The molecule has 6 nitrogen and oxygen atoms in total. The molecule has 0 aliphatic heterocycles. The van der Waals surface area contributed by atoms with Gasteiger partial charge < -0.3 is 9.47 Å². The highest BCUT2D eigenvalue weighted by Crippen LogP contribution is 1.92. The molecule has 0 atom stereocenters. The maximum absolute atomic E-state index is 11.3. The molecule has 0 aliphatic carbocycles. The van der Waals surface area contributed by atoms with Gasteiger partial charge in [0.25, 0.3) is 0 Å². The lowest BCUT2D eigenvalue weighted by molar-refractivity contribution is -0.142. The smallest absolute Gasteiger partial charge is 0.307 e. The zero-order valence-corrected chi connectivity index (χ0v) is 10.5. The second-order valence-corrected chi connectivity index (χ2v) is 5.04. The van der Waals surface area contributed by atoms with Gasteiger partial charge in [-0.1, -0.05) is 0 Å². The van der Waals surface area contributed by atoms with Crippen LogP contribution < -0.4 is 4.72 Å². The molecule has 0 rings (SSSR count). The number of esters is 1. The summed E-state index contributed by atoms with van der Waals surface area (Å²) in [6.07, 6.45) is 0.489. The Kier molecular flexibility index (Phi) is 8.14. The molecule has 0 aromatic carbocycles. The molecule has 0 aromatic rings. The van der Waals surface area contributed by atoms with Crippen LogP contribution in [-0.4, -0.2) is 47.0 Å². The molecule has 0 bridgehead atoms. The molecule has 7 heteroatoms. The Labute approximate surface area is 96.4 Å². The summed E-state index contributed by atoms with van der Waals surface area (Å²) < 4.78 is 34.4. The van der Waals surface area contributed by atoms with Crippen LogP contribution in [0.5, 0.6) is 0 Å². The first-order valence-electron chi connectivity index (χ1n) is 5.13. The van der Waals surface area contributed by atoms with Crippen molar-refractivity contribution >= 4 is 16.0 Å². The highest BCUT2D eigenvalue weighted by molar-refractivity contribution is 7.89. The van der Waals surface area contributed by atoms with E-state index in [1.807, 2.05) is 0 Å². The molecular formula is C9H19NO5S. The Bertz CT molecular complexity index is 288. The molecule has 0 amide bonds. The van der Waals surface area contributed by atoms with E-state index in [4.69, 9.17) is 4.74 Å². The normalized spacial score (nSPS) is 11.4. The molecule has 96 valence electrons. The Morgan fingerprint density at radius 1 is 1.38 bits per heavy atom. The van der Waals surface area contributed by atoms with Gasteiger partial charge in [0.2, 0.25) is 10.0 Å². The topological polar surface area (TPSA) is 81.7 Å². The number of methoxy groups -OCH3 is 1. The molecule has 0 radical (unpaired) electrons. The van der Waals surface area contributed by atoms with Crippen molar-refractivity contribution in [2.75, 3.05) is 32.6 Å². The van der Waals surface area contributed by atoms with Crippen LogP contribution in [0, 0.1) is 0 Å². The Balaban J connectivity index is 3.69. The van der Waals surface area contributed by atoms with Crippen molar-refractivity contribution in [2.24, 2.45) is 0 Å². The number of hydrogen-bond acceptors (Lipinski definition) is 5. The maximum Gasteiger partial charge on any atom is 0.307 e. The molecule has 0 fully saturated rings. The summed E-state index contributed by atoms with van der Waals surface area (Å²) in [5.41, 5.74) is 0. The van der Waals surface area contributed by atoms with Crippen molar-refractivity contribution in [2.45, 2.75) is 19.8 Å². The van der Waals surface area contributed by atoms with Crippen molar-refractivity contribution < 1.29 is 22.7 Å². The van der Waals surface area contributed by atoms with Gasteiger partial charge in [-0.15, -0.1) is 0 Å². The van der Waals surface area contributed by atoms with Crippen LogP contribution in [0.1, 0.15) is 19.8 Å². The summed E-state index contributed by atoms with van der Waals surface area (Å²) in [7, 11) is -1.79. The molecule has 1 N–H and O–H groups in total. The first-order valence-corrected chi connectivity index (χ1v) is 6.79. The minimum Gasteiger partial charge on any atom is -0.466 e. The Morgan fingerprint density at radius 2 is 2.06 bits per heavy atom. The number of carbonyl (C=O) groups excluding carboxylic acids is 1. The van der Waals surface area contributed by atoms with Crippen LogP contribution in [0.2, 0.25) is 0 Å². The average Bonchev–Trinajstić information content (AvgIpc) is 2.18. The largest absolute Gasteiger partial charge is 0.466 e. The van der Waals surface area contributed by atoms with Crippen molar-refractivity contribution in [3.05, 3.63) is 0 Å². The monoisotopic (exact) mass is 253 g/mol. The van der Waals surface area contributed by atoms with Crippen molar-refractivity contribution in [1.29, 1.82) is 0 Å². The number of ether oxygens (including phenoxy) is 2. The van der Waals surface area contributed by atoms with Crippen LogP contribution in [-0.2, 0) is 24.3 Å². The van der Waals surface area contributed by atoms with E-state index in [1.54, 1.807) is 6.92 Å². The van der Waals surface area contributed by atoms with Crippen molar-refractivity contribution in [1.82, 2.24) is 4.72 Å². The van der Waals surface area contributed by atoms with Gasteiger partial charge in [0, 0.05) is 20.3 Å². The third kappa shape index (κ3) is 8.63. The Morgan fingerprint density at radius 3 is 2.62 bits per heavy atom. The SMILES string of the molecule is CCOC(=O)CCNS(=O)(=O)CCCOC. The van der Waals surface area contributed by atoms with Crippen LogP contribution in [0.4, 0.5) is 0 Å². The van der Waals surface area contributed by atoms with Gasteiger partial charge in [0.15, 0.2) is 0 Å². The van der Waals surface area contributed by atoms with E-state index in [9.17, 15) is 13.2 Å². The standard InChI is InChI=1S/C9H19NO5S/c1-3-15-9(11)5-6-10-16(12,13)8-4-7-14-2/h10H,3-8H2,1-2H3. The lowest BCUT2D eigenvalue weighted by Gasteiger charge is -2.06. The van der Waals surface area contributed by atoms with Crippen LogP contribution in [0.15, 0.2) is 0 Å². The second-order valence-electron chi connectivity index (χ2n) is 3.11. The van der Waals surface area contributed by atoms with E-state index in [0.29, 0.717) is 19.6 Å². The highest BCUT2D eigenvalue weighted by atomic mass is 32.2. The highest BCUT2D eigenvalue weighted by Gasteiger charge is 2.10. The summed E-state index contributed by atoms with van der Waals surface area (Å²) in [5.74, 6) is -0.397. The number of nitrogens with one attached hydrogen (secondary N) is 1. The molecule has 0 saturated carbocycles. The van der Waals surface area contributed by atoms with Gasteiger partial charge >= 0.3 is 5.97 Å². The van der Waals surface area contributed by atoms with Crippen LogP contribution >= 0.6 is 0 Å². The van der Waals surface area contributed by atoms with Gasteiger partial charge in [-0.2, -0.15) is 0 Å². The van der Waals surface area contributed by atoms with Gasteiger partial charge in [-0.05, 0) is 13.3 Å². The fourth-order valence-electron chi connectivity index (χ4n) is 1.01. The molecule has 0 spiro atoms. The molecule has 0 aromatic heterocycles. The fourth-order valence-corrected chi connectivity index (χ4v) is 2.06. The summed E-state index contributed by atoms with van der Waals surface area (Å²) in [5, 5.41) is 0. The second kappa shape index (κ2) is 8.49. The van der Waals surface area contributed by atoms with Crippen molar-refractivity contribution in [3.63, 3.8) is 0 Å². The third-order valence-electron chi connectivity index (χ3n) is 1.72. The average molecular weight is 253 g/mol. The quantitative estimate of drug-likeness (QED) is 0.458. The van der Waals surface area contributed by atoms with E-state index >= 15 is 0 Å². The van der Waals surface area contributed by atoms with E-state index in [1.165, 1.54) is 7.11 Å². The predicted molar refractivity (Wildman–Crippen MR) is 59.5 cm³/mol. The number of rotatable bonds is 9. The summed E-state index contributed by atoms with van der Waals surface area (Å²) in [6, 6.07) is 0. The first-order chi connectivity index (χ1) is 7.52. The molecule has 0 unspecified atom stereocenters. The summed E-state index contributed by atoms with van der Waals surface area (Å²) >= 11 is 0. The van der Waals surface area contributed by atoms with E-state index < -0.39 is 16.0 Å². The lowest BCUT2D eigenvalue weighted by atomic mass is 10.4. The van der Waals surface area contributed by atoms with E-state index in [-0.39, 0.29) is 18.7 Å². The molecular weight excluding hydrogens is 234 g/mol. The van der Waals surface area contributed by atoms with Crippen LogP contribution in [0.25, 0.3) is 0 Å². The number of carbonyl (C=O) groups is 1. The predicted octanol–water partition coefficient (Wildman–Crippen LogP) is -0.104. The summed E-state index contributed by atoms with van der Waals surface area (Å²) in [6.45, 7) is 2.49. The van der Waals surface area contributed by atoms with E-state index in [2.05, 4.69) is 9.46 Å². The maximum atomic E-state index is 11.3. The van der Waals surface area contributed by atoms with Gasteiger partial charge in [-0.25, -0.2) is 13.1 Å². The zero-order chi connectivity index (χ0) is 12.4. The van der Waals surface area contributed by atoms with E-state index in [0.717, 1.165) is 0 Å². The molecule has 0 saturated heterocycles. The fraction of sp³-hybridized carbons (Fsp3) is 0.889. The number of sulfonamides is 1. The molecule has 16 heavy (non-hydrogen) atoms. The minimum absolute atomic E-state index is 0.00364. The summed E-state index contributed by atoms with van der Waals surface area (Å²) in [4.78, 5) is 10.9. The molecule has 0 heterocycles. The van der Waals surface area contributed by atoms with Crippen molar-refractivity contribution in [3.8, 4) is 0 Å². The van der Waals surface area contributed by atoms with Gasteiger partial charge in [0.1, 0.15) is 0 Å². The Hall–Kier alpha value is -0.660. The van der Waals surface area contributed by atoms with Gasteiger partial charge in [0.05, 0.1) is 18.8 Å². The number of hydrogen-bond donors (Lipinski definition) is 1. The minimum atomic E-state index is -3.30. The zero-order valence-electron chi connectivity index (χ0n) is 9.69. The van der Waals surface area contributed by atoms with Gasteiger partial charge in [-0.3, -0.25) is 4.79 Å². The third-order valence-corrected chi connectivity index (χ3v) is 3.19. The molecule has 0 aliphatic rings.